The van der Waals surface area contributed by atoms with E-state index in [4.69, 9.17) is 19.3 Å². The molecule has 0 unspecified atom stereocenters. The van der Waals surface area contributed by atoms with Crippen molar-refractivity contribution in [1.82, 2.24) is 14.7 Å². The molecular formula is C28H39N3O4. The second kappa shape index (κ2) is 13.3. The number of aryl methyl sites for hydroxylation is 1. The molecule has 0 aliphatic heterocycles. The van der Waals surface area contributed by atoms with Crippen LogP contribution in [0, 0.1) is 0 Å². The quantitative estimate of drug-likeness (QED) is 0.316. The Bertz CT molecular complexity index is 1040. The molecule has 0 saturated heterocycles. The molecule has 3 rings (SSSR count). The first-order chi connectivity index (χ1) is 16.9. The number of unbranched alkanes of at least 4 members (excludes halogenated alkanes) is 1. The topological polar surface area (TPSA) is 69.0 Å². The van der Waals surface area contributed by atoms with Gasteiger partial charge in [0, 0.05) is 44.4 Å². The largest absolute Gasteiger partial charge is 0.497 e. The number of ether oxygens (including phenoxy) is 3. The normalized spacial score (nSPS) is 12.3. The number of aliphatic hydroxyl groups is 1. The van der Waals surface area contributed by atoms with Gasteiger partial charge in [-0.25, -0.2) is 4.68 Å². The van der Waals surface area contributed by atoms with Gasteiger partial charge in [0.2, 0.25) is 5.88 Å². The smallest absolute Gasteiger partial charge is 0.222 e. The first kappa shape index (κ1) is 26.7. The molecule has 0 aliphatic rings. The summed E-state index contributed by atoms with van der Waals surface area (Å²) >= 11 is 0. The lowest BCUT2D eigenvalue weighted by Crippen LogP contribution is -2.39. The van der Waals surface area contributed by atoms with Gasteiger partial charge in [-0.05, 0) is 32.4 Å². The van der Waals surface area contributed by atoms with E-state index in [9.17, 15) is 5.11 Å². The minimum atomic E-state index is -0.575. The number of aliphatic hydroxyl groups excluding tert-OH is 1. The second-order valence-electron chi connectivity index (χ2n) is 9.01. The summed E-state index contributed by atoms with van der Waals surface area (Å²) in [6.07, 6.45) is 1.50. The highest BCUT2D eigenvalue weighted by atomic mass is 16.5. The third-order valence-corrected chi connectivity index (χ3v) is 5.88. The minimum absolute atomic E-state index is 0.203. The molecule has 7 heteroatoms. The van der Waals surface area contributed by atoms with Crippen LogP contribution in [0.15, 0.2) is 54.6 Å². The van der Waals surface area contributed by atoms with Gasteiger partial charge in [0.25, 0.3) is 0 Å². The van der Waals surface area contributed by atoms with Crippen LogP contribution in [0.5, 0.6) is 17.4 Å². The number of hydrogen-bond donors (Lipinski definition) is 1. The van der Waals surface area contributed by atoms with Gasteiger partial charge >= 0.3 is 0 Å². The molecule has 1 heterocycles. The van der Waals surface area contributed by atoms with Crippen molar-refractivity contribution in [1.29, 1.82) is 0 Å². The molecule has 1 aromatic heterocycles. The number of hydrogen-bond acceptors (Lipinski definition) is 6. The summed E-state index contributed by atoms with van der Waals surface area (Å²) in [5, 5.41) is 15.5. The third kappa shape index (κ3) is 7.56. The van der Waals surface area contributed by atoms with Gasteiger partial charge in [-0.1, -0.05) is 49.7 Å². The maximum Gasteiger partial charge on any atom is 0.222 e. The SMILES string of the molecule is CCCCOC[C@H](O)CN(Cc1c(-c2ccccc2)nn(C)c1Oc1cccc(OC)c1)C(C)C. The van der Waals surface area contributed by atoms with E-state index < -0.39 is 6.10 Å². The van der Waals surface area contributed by atoms with Crippen molar-refractivity contribution in [2.45, 2.75) is 52.3 Å². The molecular weight excluding hydrogens is 442 g/mol. The first-order valence-corrected chi connectivity index (χ1v) is 12.4. The zero-order valence-electron chi connectivity index (χ0n) is 21.6. The fourth-order valence-corrected chi connectivity index (χ4v) is 3.88. The third-order valence-electron chi connectivity index (χ3n) is 5.88. The van der Waals surface area contributed by atoms with Gasteiger partial charge in [0.05, 0.1) is 25.4 Å². The van der Waals surface area contributed by atoms with Crippen LogP contribution >= 0.6 is 0 Å². The highest BCUT2D eigenvalue weighted by Gasteiger charge is 2.24. The van der Waals surface area contributed by atoms with Crippen LogP contribution in [0.2, 0.25) is 0 Å². The van der Waals surface area contributed by atoms with E-state index in [-0.39, 0.29) is 6.04 Å². The molecule has 0 fully saturated rings. The van der Waals surface area contributed by atoms with Crippen molar-refractivity contribution in [3.63, 3.8) is 0 Å². The Morgan fingerprint density at radius 1 is 1.06 bits per heavy atom. The lowest BCUT2D eigenvalue weighted by molar-refractivity contribution is 0.00848. The zero-order chi connectivity index (χ0) is 25.2. The molecule has 1 N–H and O–H groups in total. The van der Waals surface area contributed by atoms with E-state index in [1.807, 2.05) is 49.5 Å². The predicted molar refractivity (Wildman–Crippen MR) is 139 cm³/mol. The minimum Gasteiger partial charge on any atom is -0.497 e. The molecule has 0 bridgehead atoms. The number of aromatic nitrogens is 2. The zero-order valence-corrected chi connectivity index (χ0v) is 21.6. The summed E-state index contributed by atoms with van der Waals surface area (Å²) in [5.74, 6) is 2.06. The molecule has 0 aliphatic carbocycles. The van der Waals surface area contributed by atoms with Gasteiger partial charge in [0.1, 0.15) is 17.2 Å². The van der Waals surface area contributed by atoms with E-state index >= 15 is 0 Å². The van der Waals surface area contributed by atoms with Gasteiger partial charge in [-0.15, -0.1) is 0 Å². The molecule has 0 spiro atoms. The standard InChI is InChI=1S/C28H39N3O4/c1-6-7-16-34-20-23(32)18-31(21(2)3)19-26-27(22-12-9-8-10-13-22)29-30(4)28(26)35-25-15-11-14-24(17-25)33-5/h8-15,17,21,23,32H,6-7,16,18-20H2,1-5H3/t23-/m1/s1. The summed E-state index contributed by atoms with van der Waals surface area (Å²) in [7, 11) is 3.53. The van der Waals surface area contributed by atoms with Gasteiger partial charge in [-0.3, -0.25) is 4.90 Å². The molecule has 35 heavy (non-hydrogen) atoms. The van der Waals surface area contributed by atoms with Crippen LogP contribution in [-0.4, -0.2) is 58.8 Å². The van der Waals surface area contributed by atoms with Crippen LogP contribution in [0.4, 0.5) is 0 Å². The summed E-state index contributed by atoms with van der Waals surface area (Å²) in [6, 6.07) is 17.9. The van der Waals surface area contributed by atoms with E-state index in [2.05, 4.69) is 37.8 Å². The lowest BCUT2D eigenvalue weighted by atomic mass is 10.1. The van der Waals surface area contributed by atoms with Crippen molar-refractivity contribution in [3.05, 3.63) is 60.2 Å². The average molecular weight is 482 g/mol. The molecule has 1 atom stereocenters. The molecule has 2 aromatic carbocycles. The monoisotopic (exact) mass is 481 g/mol. The molecule has 190 valence electrons. The number of nitrogens with zero attached hydrogens (tertiary/aromatic N) is 3. The van der Waals surface area contributed by atoms with Crippen molar-refractivity contribution in [3.8, 4) is 28.6 Å². The van der Waals surface area contributed by atoms with Gasteiger partial charge in [0.15, 0.2) is 0 Å². The van der Waals surface area contributed by atoms with Crippen LogP contribution in [-0.2, 0) is 18.3 Å². The number of benzene rings is 2. The Morgan fingerprint density at radius 2 is 1.80 bits per heavy atom. The summed E-state index contributed by atoms with van der Waals surface area (Å²) in [6.45, 7) is 8.46. The lowest BCUT2D eigenvalue weighted by Gasteiger charge is -2.29. The van der Waals surface area contributed by atoms with Crippen molar-refractivity contribution < 1.29 is 19.3 Å². The molecule has 3 aromatic rings. The summed E-state index contributed by atoms with van der Waals surface area (Å²) in [5.41, 5.74) is 2.85. The fraction of sp³-hybridized carbons (Fsp3) is 0.464. The Hall–Kier alpha value is -2.87. The predicted octanol–water partition coefficient (Wildman–Crippen LogP) is 5.28. The Balaban J connectivity index is 1.90. The highest BCUT2D eigenvalue weighted by Crippen LogP contribution is 2.35. The van der Waals surface area contributed by atoms with Crippen molar-refractivity contribution in [2.75, 3.05) is 26.9 Å². The summed E-state index contributed by atoms with van der Waals surface area (Å²) in [4.78, 5) is 2.23. The van der Waals surface area contributed by atoms with E-state index in [0.29, 0.717) is 37.9 Å². The van der Waals surface area contributed by atoms with E-state index in [1.54, 1.807) is 11.8 Å². The molecule has 0 amide bonds. The van der Waals surface area contributed by atoms with Gasteiger partial charge < -0.3 is 19.3 Å². The Kier molecular flexibility index (Phi) is 10.1. The van der Waals surface area contributed by atoms with Crippen molar-refractivity contribution in [2.24, 2.45) is 7.05 Å². The maximum absolute atomic E-state index is 10.7. The molecule has 0 saturated carbocycles. The van der Waals surface area contributed by atoms with Crippen molar-refractivity contribution >= 4 is 0 Å². The van der Waals surface area contributed by atoms with E-state index in [1.165, 1.54) is 0 Å². The Labute approximate surface area is 209 Å². The fourth-order valence-electron chi connectivity index (χ4n) is 3.88. The van der Waals surface area contributed by atoms with Crippen LogP contribution < -0.4 is 9.47 Å². The molecule has 7 nitrogen and oxygen atoms in total. The number of rotatable bonds is 14. The maximum atomic E-state index is 10.7. The second-order valence-corrected chi connectivity index (χ2v) is 9.01. The molecule has 0 radical (unpaired) electrons. The summed E-state index contributed by atoms with van der Waals surface area (Å²) < 4.78 is 19.2. The Morgan fingerprint density at radius 3 is 2.49 bits per heavy atom. The van der Waals surface area contributed by atoms with Crippen LogP contribution in [0.3, 0.4) is 0 Å². The first-order valence-electron chi connectivity index (χ1n) is 12.4. The van der Waals surface area contributed by atoms with Crippen LogP contribution in [0.1, 0.15) is 39.2 Å². The van der Waals surface area contributed by atoms with Crippen LogP contribution in [0.25, 0.3) is 11.3 Å². The highest BCUT2D eigenvalue weighted by molar-refractivity contribution is 5.65. The van der Waals surface area contributed by atoms with Gasteiger partial charge in [-0.2, -0.15) is 5.10 Å². The average Bonchev–Trinajstić information content (AvgIpc) is 3.16. The number of methoxy groups -OCH3 is 1. The van der Waals surface area contributed by atoms with E-state index in [0.717, 1.165) is 35.4 Å².